The van der Waals surface area contributed by atoms with Gasteiger partial charge in [0.15, 0.2) is 0 Å². The second kappa shape index (κ2) is 5.41. The summed E-state index contributed by atoms with van der Waals surface area (Å²) in [7, 11) is 0. The van der Waals surface area contributed by atoms with Crippen molar-refractivity contribution in [3.8, 4) is 0 Å². The molecule has 0 bridgehead atoms. The maximum absolute atomic E-state index is 5.95. The summed E-state index contributed by atoms with van der Waals surface area (Å²) in [5.41, 5.74) is 5.95. The van der Waals surface area contributed by atoms with Gasteiger partial charge in [0.25, 0.3) is 0 Å². The lowest BCUT2D eigenvalue weighted by molar-refractivity contribution is 0.144. The molecule has 5 nitrogen and oxygen atoms in total. The minimum Gasteiger partial charge on any atom is -0.382 e. The molecular weight excluding hydrogens is 204 g/mol. The van der Waals surface area contributed by atoms with E-state index in [9.17, 15) is 0 Å². The van der Waals surface area contributed by atoms with Gasteiger partial charge in [0.2, 0.25) is 0 Å². The van der Waals surface area contributed by atoms with Crippen LogP contribution in [0.2, 0.25) is 0 Å². The summed E-state index contributed by atoms with van der Waals surface area (Å²) in [6, 6.07) is 0.258. The van der Waals surface area contributed by atoms with Crippen molar-refractivity contribution < 1.29 is 4.74 Å². The first kappa shape index (κ1) is 11.5. The first-order valence-electron chi connectivity index (χ1n) is 6.05. The van der Waals surface area contributed by atoms with Crippen molar-refractivity contribution in [2.45, 2.75) is 45.2 Å². The molecule has 16 heavy (non-hydrogen) atoms. The van der Waals surface area contributed by atoms with Crippen LogP contribution < -0.4 is 5.73 Å². The standard InChI is InChI=1S/C11H20N4O/c1-2-16-7-3-4-10-13-14-11-6-5-9(12)8-15(10)11/h9H,2-8,12H2,1H3. The fraction of sp³-hybridized carbons (Fsp3) is 0.818. The van der Waals surface area contributed by atoms with Crippen LogP contribution in [0.25, 0.3) is 0 Å². The highest BCUT2D eigenvalue weighted by Crippen LogP contribution is 2.14. The molecule has 0 aromatic carbocycles. The van der Waals surface area contributed by atoms with E-state index in [4.69, 9.17) is 10.5 Å². The third kappa shape index (κ3) is 2.59. The number of fused-ring (bicyclic) bond motifs is 1. The second-order valence-corrected chi connectivity index (χ2v) is 4.24. The van der Waals surface area contributed by atoms with E-state index in [2.05, 4.69) is 14.8 Å². The van der Waals surface area contributed by atoms with Crippen LogP contribution in [0.1, 0.15) is 31.4 Å². The molecule has 0 saturated heterocycles. The van der Waals surface area contributed by atoms with Crippen LogP contribution in [0.4, 0.5) is 0 Å². The average Bonchev–Trinajstić information content (AvgIpc) is 2.67. The Kier molecular flexibility index (Phi) is 3.90. The molecule has 2 heterocycles. The summed E-state index contributed by atoms with van der Waals surface area (Å²) >= 11 is 0. The zero-order valence-electron chi connectivity index (χ0n) is 9.85. The van der Waals surface area contributed by atoms with E-state index in [0.29, 0.717) is 0 Å². The van der Waals surface area contributed by atoms with Crippen molar-refractivity contribution in [3.63, 3.8) is 0 Å². The maximum Gasteiger partial charge on any atom is 0.133 e. The van der Waals surface area contributed by atoms with Gasteiger partial charge in [0.05, 0.1) is 0 Å². The Labute approximate surface area is 96.0 Å². The zero-order chi connectivity index (χ0) is 11.4. The molecule has 0 aliphatic carbocycles. The first-order valence-corrected chi connectivity index (χ1v) is 6.05. The minimum absolute atomic E-state index is 0.258. The van der Waals surface area contributed by atoms with E-state index < -0.39 is 0 Å². The minimum atomic E-state index is 0.258. The van der Waals surface area contributed by atoms with Crippen molar-refractivity contribution in [2.75, 3.05) is 13.2 Å². The summed E-state index contributed by atoms with van der Waals surface area (Å²) in [5.74, 6) is 2.15. The monoisotopic (exact) mass is 224 g/mol. The van der Waals surface area contributed by atoms with E-state index in [0.717, 1.165) is 57.1 Å². The number of hydrogen-bond donors (Lipinski definition) is 1. The molecular formula is C11H20N4O. The Bertz CT molecular complexity index is 337. The highest BCUT2D eigenvalue weighted by molar-refractivity contribution is 5.01. The van der Waals surface area contributed by atoms with Gasteiger partial charge in [-0.1, -0.05) is 0 Å². The lowest BCUT2D eigenvalue weighted by Crippen LogP contribution is -2.32. The fourth-order valence-corrected chi connectivity index (χ4v) is 2.07. The van der Waals surface area contributed by atoms with Crippen molar-refractivity contribution in [2.24, 2.45) is 5.73 Å². The Balaban J connectivity index is 1.92. The molecule has 2 N–H and O–H groups in total. The molecule has 1 unspecified atom stereocenters. The number of nitrogens with two attached hydrogens (primary N) is 1. The van der Waals surface area contributed by atoms with E-state index in [1.54, 1.807) is 0 Å². The van der Waals surface area contributed by atoms with Crippen LogP contribution >= 0.6 is 0 Å². The summed E-state index contributed by atoms with van der Waals surface area (Å²) in [5, 5.41) is 8.44. The van der Waals surface area contributed by atoms with Gasteiger partial charge in [0.1, 0.15) is 11.6 Å². The van der Waals surface area contributed by atoms with Gasteiger partial charge in [-0.05, 0) is 19.8 Å². The molecule has 0 saturated carbocycles. The van der Waals surface area contributed by atoms with Gasteiger partial charge in [-0.2, -0.15) is 0 Å². The van der Waals surface area contributed by atoms with Crippen molar-refractivity contribution in [1.29, 1.82) is 0 Å². The molecule has 0 radical (unpaired) electrons. The predicted molar refractivity (Wildman–Crippen MR) is 61.1 cm³/mol. The van der Waals surface area contributed by atoms with Crippen LogP contribution in [-0.2, 0) is 24.1 Å². The Morgan fingerprint density at radius 1 is 1.50 bits per heavy atom. The molecule has 5 heteroatoms. The number of aromatic nitrogens is 3. The Hall–Kier alpha value is -0.940. The van der Waals surface area contributed by atoms with Gasteiger partial charge >= 0.3 is 0 Å². The van der Waals surface area contributed by atoms with E-state index >= 15 is 0 Å². The van der Waals surface area contributed by atoms with E-state index in [-0.39, 0.29) is 6.04 Å². The number of hydrogen-bond acceptors (Lipinski definition) is 4. The van der Waals surface area contributed by atoms with E-state index in [1.807, 2.05) is 6.92 Å². The lowest BCUT2D eigenvalue weighted by atomic mass is 10.1. The van der Waals surface area contributed by atoms with Crippen LogP contribution in [0, 0.1) is 0 Å². The highest BCUT2D eigenvalue weighted by atomic mass is 16.5. The molecule has 1 aromatic heterocycles. The van der Waals surface area contributed by atoms with Gasteiger partial charge in [-0.25, -0.2) is 0 Å². The molecule has 90 valence electrons. The molecule has 0 spiro atoms. The molecule has 2 rings (SSSR count). The van der Waals surface area contributed by atoms with Crippen LogP contribution in [-0.4, -0.2) is 34.0 Å². The lowest BCUT2D eigenvalue weighted by Gasteiger charge is -2.20. The summed E-state index contributed by atoms with van der Waals surface area (Å²) in [6.45, 7) is 4.46. The van der Waals surface area contributed by atoms with E-state index in [1.165, 1.54) is 0 Å². The number of aryl methyl sites for hydroxylation is 2. The average molecular weight is 224 g/mol. The van der Waals surface area contributed by atoms with Gasteiger partial charge in [-0.15, -0.1) is 10.2 Å². The molecule has 1 aliphatic heterocycles. The van der Waals surface area contributed by atoms with Gasteiger partial charge < -0.3 is 15.0 Å². The Morgan fingerprint density at radius 3 is 3.19 bits per heavy atom. The van der Waals surface area contributed by atoms with Gasteiger partial charge in [0, 0.05) is 38.6 Å². The molecule has 1 atom stereocenters. The smallest absolute Gasteiger partial charge is 0.133 e. The molecule has 0 fully saturated rings. The van der Waals surface area contributed by atoms with Gasteiger partial charge in [-0.3, -0.25) is 0 Å². The van der Waals surface area contributed by atoms with Crippen molar-refractivity contribution >= 4 is 0 Å². The van der Waals surface area contributed by atoms with Crippen LogP contribution in [0.5, 0.6) is 0 Å². The fourth-order valence-electron chi connectivity index (χ4n) is 2.07. The third-order valence-corrected chi connectivity index (χ3v) is 2.95. The first-order chi connectivity index (χ1) is 7.81. The summed E-state index contributed by atoms with van der Waals surface area (Å²) in [6.07, 6.45) is 3.91. The third-order valence-electron chi connectivity index (χ3n) is 2.95. The molecule has 0 amide bonds. The topological polar surface area (TPSA) is 66.0 Å². The largest absolute Gasteiger partial charge is 0.382 e. The SMILES string of the molecule is CCOCCCc1nnc2n1CC(N)CC2. The summed E-state index contributed by atoms with van der Waals surface area (Å²) < 4.78 is 7.50. The number of nitrogens with zero attached hydrogens (tertiary/aromatic N) is 3. The number of rotatable bonds is 5. The molecule has 1 aromatic rings. The zero-order valence-corrected chi connectivity index (χ0v) is 9.85. The number of ether oxygens (including phenoxy) is 1. The van der Waals surface area contributed by atoms with Crippen LogP contribution in [0.15, 0.2) is 0 Å². The Morgan fingerprint density at radius 2 is 2.38 bits per heavy atom. The predicted octanol–water partition coefficient (Wildman–Crippen LogP) is 0.521. The maximum atomic E-state index is 5.95. The second-order valence-electron chi connectivity index (χ2n) is 4.24. The normalized spacial score (nSPS) is 19.8. The van der Waals surface area contributed by atoms with Crippen molar-refractivity contribution in [3.05, 3.63) is 11.6 Å². The van der Waals surface area contributed by atoms with Crippen LogP contribution in [0.3, 0.4) is 0 Å². The van der Waals surface area contributed by atoms with Crippen molar-refractivity contribution in [1.82, 2.24) is 14.8 Å². The summed E-state index contributed by atoms with van der Waals surface area (Å²) in [4.78, 5) is 0. The quantitative estimate of drug-likeness (QED) is 0.740. The highest BCUT2D eigenvalue weighted by Gasteiger charge is 2.19. The molecule has 1 aliphatic rings.